The summed E-state index contributed by atoms with van der Waals surface area (Å²) in [6, 6.07) is 15.8. The number of hydrogen-bond acceptors (Lipinski definition) is 6. The zero-order valence-corrected chi connectivity index (χ0v) is 18.5. The Bertz CT molecular complexity index is 1200. The lowest BCUT2D eigenvalue weighted by Gasteiger charge is -2.15. The van der Waals surface area contributed by atoms with Crippen molar-refractivity contribution in [3.8, 4) is 5.82 Å². The molecule has 4 rings (SSSR count). The molecular weight excluding hydrogens is 402 g/mol. The molecule has 164 valence electrons. The number of aromatic nitrogens is 4. The van der Waals surface area contributed by atoms with Crippen LogP contribution in [0.15, 0.2) is 67.3 Å². The number of benzene rings is 2. The van der Waals surface area contributed by atoms with Crippen LogP contribution in [0.4, 0.5) is 5.82 Å². The molecule has 0 radical (unpaired) electrons. The van der Waals surface area contributed by atoms with Crippen LogP contribution in [0.5, 0.6) is 0 Å². The van der Waals surface area contributed by atoms with Gasteiger partial charge in [-0.3, -0.25) is 14.3 Å². The highest BCUT2D eigenvalue weighted by molar-refractivity contribution is 5.97. The lowest BCUT2D eigenvalue weighted by Crippen LogP contribution is -2.31. The molecule has 1 atom stereocenters. The third-order valence-corrected chi connectivity index (χ3v) is 5.19. The maximum Gasteiger partial charge on any atom is 0.251 e. The number of imidazole rings is 1. The van der Waals surface area contributed by atoms with E-state index in [1.165, 1.54) is 5.56 Å². The zero-order valence-electron chi connectivity index (χ0n) is 18.5. The van der Waals surface area contributed by atoms with Gasteiger partial charge in [0.2, 0.25) is 0 Å². The average molecular weight is 430 g/mol. The molecule has 0 aliphatic carbocycles. The van der Waals surface area contributed by atoms with E-state index in [1.807, 2.05) is 47.8 Å². The number of nitrogens with zero attached hydrogens (tertiary/aromatic N) is 5. The summed E-state index contributed by atoms with van der Waals surface area (Å²) >= 11 is 0. The number of amides is 1. The van der Waals surface area contributed by atoms with Crippen molar-refractivity contribution in [3.63, 3.8) is 0 Å². The van der Waals surface area contributed by atoms with Crippen LogP contribution in [0.2, 0.25) is 0 Å². The Morgan fingerprint density at radius 3 is 2.72 bits per heavy atom. The van der Waals surface area contributed by atoms with Gasteiger partial charge in [0.1, 0.15) is 12.1 Å². The molecule has 0 aliphatic rings. The van der Waals surface area contributed by atoms with Crippen molar-refractivity contribution >= 4 is 22.8 Å². The van der Waals surface area contributed by atoms with Gasteiger partial charge in [0.15, 0.2) is 5.82 Å². The third kappa shape index (κ3) is 4.92. The predicted octanol–water partition coefficient (Wildman–Crippen LogP) is 3.28. The molecule has 2 aromatic carbocycles. The van der Waals surface area contributed by atoms with E-state index in [1.54, 1.807) is 30.9 Å². The fraction of sp³-hybridized carbons (Fsp3) is 0.250. The summed E-state index contributed by atoms with van der Waals surface area (Å²) in [6.07, 6.45) is 5.10. The highest BCUT2D eigenvalue weighted by atomic mass is 16.1. The molecule has 2 aromatic heterocycles. The molecule has 1 amide bonds. The summed E-state index contributed by atoms with van der Waals surface area (Å²) in [5, 5.41) is 6.32. The Morgan fingerprint density at radius 1 is 1.12 bits per heavy atom. The predicted molar refractivity (Wildman–Crippen MR) is 126 cm³/mol. The third-order valence-electron chi connectivity index (χ3n) is 5.19. The number of carbonyl (C=O) groups is 1. The van der Waals surface area contributed by atoms with Gasteiger partial charge >= 0.3 is 0 Å². The van der Waals surface area contributed by atoms with Crippen LogP contribution in [0.3, 0.4) is 0 Å². The first-order valence-corrected chi connectivity index (χ1v) is 10.5. The number of nitrogens with one attached hydrogen (secondary N) is 2. The fourth-order valence-electron chi connectivity index (χ4n) is 3.42. The maximum absolute atomic E-state index is 12.4. The summed E-state index contributed by atoms with van der Waals surface area (Å²) in [6.45, 7) is 3.46. The highest BCUT2D eigenvalue weighted by Crippen LogP contribution is 2.21. The standard InChI is InChI=1S/C24H27N7O/c1-17(18-7-5-4-6-8-18)28-22-14-25-15-23(29-22)31-16-27-20-13-19(9-10-21(20)31)24(32)26-11-12-30(2)3/h4-10,13-17H,11-12H2,1-3H3,(H,26,32)(H,28,29)/t17-/m0/s1. The number of hydrogen-bond donors (Lipinski definition) is 2. The van der Waals surface area contributed by atoms with Crippen LogP contribution in [-0.4, -0.2) is 57.5 Å². The summed E-state index contributed by atoms with van der Waals surface area (Å²) in [5.41, 5.74) is 3.34. The Morgan fingerprint density at radius 2 is 1.94 bits per heavy atom. The molecule has 0 bridgehead atoms. The zero-order chi connectivity index (χ0) is 22.5. The van der Waals surface area contributed by atoms with E-state index >= 15 is 0 Å². The minimum Gasteiger partial charge on any atom is -0.362 e. The van der Waals surface area contributed by atoms with E-state index in [9.17, 15) is 4.79 Å². The smallest absolute Gasteiger partial charge is 0.251 e. The van der Waals surface area contributed by atoms with Crippen molar-refractivity contribution in [2.45, 2.75) is 13.0 Å². The molecule has 8 nitrogen and oxygen atoms in total. The van der Waals surface area contributed by atoms with Crippen LogP contribution < -0.4 is 10.6 Å². The maximum atomic E-state index is 12.4. The molecule has 2 N–H and O–H groups in total. The Labute approximate surface area is 187 Å². The summed E-state index contributed by atoms with van der Waals surface area (Å²) < 4.78 is 1.87. The second-order valence-electron chi connectivity index (χ2n) is 7.92. The van der Waals surface area contributed by atoms with Gasteiger partial charge in [0.25, 0.3) is 5.91 Å². The molecule has 0 spiro atoms. The van der Waals surface area contributed by atoms with Crippen molar-refractivity contribution in [3.05, 3.63) is 78.4 Å². The molecule has 0 fully saturated rings. The molecule has 4 aromatic rings. The first kappa shape index (κ1) is 21.5. The average Bonchev–Trinajstić information content (AvgIpc) is 3.23. The topological polar surface area (TPSA) is 88.0 Å². The first-order valence-electron chi connectivity index (χ1n) is 10.5. The number of fused-ring (bicyclic) bond motifs is 1. The van der Waals surface area contributed by atoms with E-state index in [0.29, 0.717) is 23.7 Å². The van der Waals surface area contributed by atoms with Crippen LogP contribution >= 0.6 is 0 Å². The van der Waals surface area contributed by atoms with Crippen LogP contribution in [-0.2, 0) is 0 Å². The molecule has 2 heterocycles. The molecule has 8 heteroatoms. The largest absolute Gasteiger partial charge is 0.362 e. The second-order valence-corrected chi connectivity index (χ2v) is 7.92. The van der Waals surface area contributed by atoms with Crippen LogP contribution in [0.1, 0.15) is 28.9 Å². The molecule has 32 heavy (non-hydrogen) atoms. The number of rotatable bonds is 8. The number of likely N-dealkylation sites (N-methyl/N-ethyl adjacent to an activating group) is 1. The monoisotopic (exact) mass is 429 g/mol. The molecular formula is C24H27N7O. The van der Waals surface area contributed by atoms with Gasteiger partial charge in [0, 0.05) is 24.7 Å². The normalized spacial score (nSPS) is 12.1. The SMILES string of the molecule is C[C@H](Nc1cncc(-n2cnc3cc(C(=O)NCCN(C)C)ccc32)n1)c1ccccc1. The first-order chi connectivity index (χ1) is 15.5. The van der Waals surface area contributed by atoms with E-state index in [0.717, 1.165) is 17.6 Å². The van der Waals surface area contributed by atoms with Gasteiger partial charge in [-0.05, 0) is 44.8 Å². The highest BCUT2D eigenvalue weighted by Gasteiger charge is 2.12. The molecule has 0 saturated heterocycles. The number of anilines is 1. The van der Waals surface area contributed by atoms with Crippen molar-refractivity contribution in [1.29, 1.82) is 0 Å². The van der Waals surface area contributed by atoms with Gasteiger partial charge in [-0.25, -0.2) is 9.97 Å². The van der Waals surface area contributed by atoms with Crippen molar-refractivity contribution in [1.82, 2.24) is 29.7 Å². The van der Waals surface area contributed by atoms with E-state index in [4.69, 9.17) is 4.98 Å². The van der Waals surface area contributed by atoms with Crippen molar-refractivity contribution in [2.24, 2.45) is 0 Å². The quantitative estimate of drug-likeness (QED) is 0.447. The molecule has 0 saturated carbocycles. The van der Waals surface area contributed by atoms with E-state index < -0.39 is 0 Å². The van der Waals surface area contributed by atoms with Gasteiger partial charge in [-0.1, -0.05) is 30.3 Å². The van der Waals surface area contributed by atoms with Gasteiger partial charge in [-0.15, -0.1) is 0 Å². The Hall–Kier alpha value is -3.78. The minimum absolute atomic E-state index is 0.0915. The lowest BCUT2D eigenvalue weighted by molar-refractivity contribution is 0.0951. The number of carbonyl (C=O) groups excluding carboxylic acids is 1. The minimum atomic E-state index is -0.107. The van der Waals surface area contributed by atoms with Crippen molar-refractivity contribution < 1.29 is 4.79 Å². The van der Waals surface area contributed by atoms with Gasteiger partial charge in [-0.2, -0.15) is 0 Å². The summed E-state index contributed by atoms with van der Waals surface area (Å²) in [7, 11) is 3.95. The summed E-state index contributed by atoms with van der Waals surface area (Å²) in [5.74, 6) is 1.22. The van der Waals surface area contributed by atoms with Gasteiger partial charge in [0.05, 0.1) is 23.4 Å². The Kier molecular flexibility index (Phi) is 6.42. The van der Waals surface area contributed by atoms with E-state index in [-0.39, 0.29) is 11.9 Å². The Balaban J connectivity index is 1.52. The van der Waals surface area contributed by atoms with E-state index in [2.05, 4.69) is 39.7 Å². The lowest BCUT2D eigenvalue weighted by atomic mass is 10.1. The fourth-order valence-corrected chi connectivity index (χ4v) is 3.42. The van der Waals surface area contributed by atoms with Crippen LogP contribution in [0, 0.1) is 0 Å². The molecule has 0 aliphatic heterocycles. The summed E-state index contributed by atoms with van der Waals surface area (Å²) in [4.78, 5) is 28.0. The van der Waals surface area contributed by atoms with Gasteiger partial charge < -0.3 is 15.5 Å². The second kappa shape index (κ2) is 9.57. The van der Waals surface area contributed by atoms with Crippen LogP contribution in [0.25, 0.3) is 16.9 Å². The van der Waals surface area contributed by atoms with Crippen molar-refractivity contribution in [2.75, 3.05) is 32.5 Å². The molecule has 0 unspecified atom stereocenters.